The molecule has 2 aliphatic rings. The largest absolute Gasteiger partial charge is 0.369 e. The van der Waals surface area contributed by atoms with Gasteiger partial charge in [0.1, 0.15) is 0 Å². The van der Waals surface area contributed by atoms with E-state index < -0.39 is 0 Å². The summed E-state index contributed by atoms with van der Waals surface area (Å²) in [7, 11) is 0. The van der Waals surface area contributed by atoms with Gasteiger partial charge in [0.2, 0.25) is 5.91 Å². The zero-order chi connectivity index (χ0) is 14.8. The number of carbonyl (C=O) groups excluding carboxylic acids is 1. The molecule has 1 aliphatic carbocycles. The highest BCUT2D eigenvalue weighted by Crippen LogP contribution is 2.22. The molecule has 0 spiro atoms. The van der Waals surface area contributed by atoms with Crippen LogP contribution in [0, 0.1) is 0 Å². The van der Waals surface area contributed by atoms with Gasteiger partial charge in [-0.3, -0.25) is 9.69 Å². The highest BCUT2D eigenvalue weighted by atomic mass is 35.5. The van der Waals surface area contributed by atoms with E-state index in [1.165, 1.54) is 0 Å². The van der Waals surface area contributed by atoms with Gasteiger partial charge < -0.3 is 10.2 Å². The van der Waals surface area contributed by atoms with Crippen molar-refractivity contribution < 1.29 is 4.79 Å². The summed E-state index contributed by atoms with van der Waals surface area (Å²) in [5.41, 5.74) is 1.16. The summed E-state index contributed by atoms with van der Waals surface area (Å²) < 4.78 is 0. The minimum Gasteiger partial charge on any atom is -0.369 e. The highest BCUT2D eigenvalue weighted by molar-refractivity contribution is 6.30. The normalized spacial score (nSPS) is 21.1. The van der Waals surface area contributed by atoms with Crippen LogP contribution in [0.25, 0.3) is 0 Å². The van der Waals surface area contributed by atoms with Gasteiger partial charge in [0.25, 0.3) is 0 Å². The molecule has 4 nitrogen and oxygen atoms in total. The van der Waals surface area contributed by atoms with Crippen molar-refractivity contribution in [2.75, 3.05) is 31.1 Å². The number of hydrogen-bond acceptors (Lipinski definition) is 3. The third kappa shape index (κ3) is 3.69. The summed E-state index contributed by atoms with van der Waals surface area (Å²) in [6.07, 6.45) is 2.28. The van der Waals surface area contributed by atoms with Gasteiger partial charge in [-0.15, -0.1) is 0 Å². The summed E-state index contributed by atoms with van der Waals surface area (Å²) in [4.78, 5) is 16.7. The molecule has 1 amide bonds. The lowest BCUT2D eigenvalue weighted by atomic mass is 10.2. The average molecular weight is 308 g/mol. The number of amides is 1. The number of halogens is 1. The van der Waals surface area contributed by atoms with Gasteiger partial charge in [0.05, 0.1) is 6.04 Å². The first-order chi connectivity index (χ1) is 10.1. The van der Waals surface area contributed by atoms with Crippen molar-refractivity contribution >= 4 is 23.2 Å². The van der Waals surface area contributed by atoms with E-state index in [1.54, 1.807) is 0 Å². The fourth-order valence-electron chi connectivity index (χ4n) is 2.76. The Kier molecular flexibility index (Phi) is 4.36. The van der Waals surface area contributed by atoms with Crippen molar-refractivity contribution in [2.24, 2.45) is 0 Å². The summed E-state index contributed by atoms with van der Waals surface area (Å²) in [5.74, 6) is 0.175. The van der Waals surface area contributed by atoms with Gasteiger partial charge in [0, 0.05) is 42.9 Å². The third-order valence-corrected chi connectivity index (χ3v) is 4.57. The van der Waals surface area contributed by atoms with Crippen LogP contribution in [0.5, 0.6) is 0 Å². The van der Waals surface area contributed by atoms with E-state index in [-0.39, 0.29) is 11.9 Å². The van der Waals surface area contributed by atoms with Gasteiger partial charge in [-0.25, -0.2) is 0 Å². The maximum absolute atomic E-state index is 12.1. The molecule has 21 heavy (non-hydrogen) atoms. The van der Waals surface area contributed by atoms with Crippen molar-refractivity contribution in [1.29, 1.82) is 0 Å². The fourth-order valence-corrected chi connectivity index (χ4v) is 2.94. The van der Waals surface area contributed by atoms with Gasteiger partial charge in [-0.05, 0) is 38.0 Å². The first-order valence-electron chi connectivity index (χ1n) is 7.68. The number of rotatable bonds is 4. The van der Waals surface area contributed by atoms with Crippen LogP contribution in [0.15, 0.2) is 24.3 Å². The lowest BCUT2D eigenvalue weighted by Gasteiger charge is -2.38. The molecule has 2 fully saturated rings. The van der Waals surface area contributed by atoms with Gasteiger partial charge in [0.15, 0.2) is 0 Å². The molecule has 1 aliphatic heterocycles. The molecular weight excluding hydrogens is 286 g/mol. The molecule has 0 unspecified atom stereocenters. The Morgan fingerprint density at radius 1 is 1.29 bits per heavy atom. The fraction of sp³-hybridized carbons (Fsp3) is 0.562. The lowest BCUT2D eigenvalue weighted by molar-refractivity contribution is -0.126. The SMILES string of the molecule is C[C@H](C(=O)NC1CC1)N1CCN(c2cccc(Cl)c2)CC1. The van der Waals surface area contributed by atoms with E-state index in [0.717, 1.165) is 49.7 Å². The number of anilines is 1. The van der Waals surface area contributed by atoms with E-state index >= 15 is 0 Å². The van der Waals surface area contributed by atoms with Crippen molar-refractivity contribution in [3.8, 4) is 0 Å². The Balaban J connectivity index is 1.53. The molecule has 5 heteroatoms. The second-order valence-electron chi connectivity index (χ2n) is 5.96. The molecule has 1 saturated carbocycles. The van der Waals surface area contributed by atoms with E-state index in [0.29, 0.717) is 6.04 Å². The van der Waals surface area contributed by atoms with Crippen molar-refractivity contribution in [3.63, 3.8) is 0 Å². The number of benzene rings is 1. The predicted octanol–water partition coefficient (Wildman–Crippen LogP) is 2.13. The number of hydrogen-bond donors (Lipinski definition) is 1. The van der Waals surface area contributed by atoms with E-state index in [2.05, 4.69) is 21.2 Å². The maximum atomic E-state index is 12.1. The average Bonchev–Trinajstić information content (AvgIpc) is 3.30. The Morgan fingerprint density at radius 3 is 2.62 bits per heavy atom. The molecule has 3 rings (SSSR count). The third-order valence-electron chi connectivity index (χ3n) is 4.34. The quantitative estimate of drug-likeness (QED) is 0.925. The maximum Gasteiger partial charge on any atom is 0.237 e. The lowest BCUT2D eigenvalue weighted by Crippen LogP contribution is -2.54. The Hall–Kier alpha value is -1.26. The first kappa shape index (κ1) is 14.7. The molecule has 0 bridgehead atoms. The zero-order valence-corrected chi connectivity index (χ0v) is 13.1. The minimum atomic E-state index is -0.0351. The standard InChI is InChI=1S/C16H22ClN3O/c1-12(16(21)18-14-5-6-14)19-7-9-20(10-8-19)15-4-2-3-13(17)11-15/h2-4,11-12,14H,5-10H2,1H3,(H,18,21)/t12-/m1/s1. The van der Waals surface area contributed by atoms with Crippen LogP contribution in [0.4, 0.5) is 5.69 Å². The van der Waals surface area contributed by atoms with E-state index in [1.807, 2.05) is 25.1 Å². The Labute approximate surface area is 131 Å². The molecule has 1 saturated heterocycles. The summed E-state index contributed by atoms with van der Waals surface area (Å²) in [6, 6.07) is 8.37. The molecule has 0 aromatic heterocycles. The molecule has 0 radical (unpaired) electrons. The van der Waals surface area contributed by atoms with E-state index in [4.69, 9.17) is 11.6 Å². The number of piperazine rings is 1. The van der Waals surface area contributed by atoms with Gasteiger partial charge >= 0.3 is 0 Å². The minimum absolute atomic E-state index is 0.0351. The second-order valence-corrected chi connectivity index (χ2v) is 6.40. The Bertz CT molecular complexity index is 510. The van der Waals surface area contributed by atoms with Crippen LogP contribution in [0.2, 0.25) is 5.02 Å². The number of nitrogens with one attached hydrogen (secondary N) is 1. The van der Waals surface area contributed by atoms with Crippen LogP contribution < -0.4 is 10.2 Å². The van der Waals surface area contributed by atoms with Gasteiger partial charge in [-0.1, -0.05) is 17.7 Å². The highest BCUT2D eigenvalue weighted by Gasteiger charge is 2.29. The molecule has 114 valence electrons. The van der Waals surface area contributed by atoms with Crippen molar-refractivity contribution in [3.05, 3.63) is 29.3 Å². The van der Waals surface area contributed by atoms with Crippen LogP contribution in [0.3, 0.4) is 0 Å². The Morgan fingerprint density at radius 2 is 2.00 bits per heavy atom. The topological polar surface area (TPSA) is 35.6 Å². The second kappa shape index (κ2) is 6.24. The van der Waals surface area contributed by atoms with Crippen molar-refractivity contribution in [2.45, 2.75) is 31.8 Å². The molecular formula is C16H22ClN3O. The van der Waals surface area contributed by atoms with Crippen molar-refractivity contribution in [1.82, 2.24) is 10.2 Å². The van der Waals surface area contributed by atoms with E-state index in [9.17, 15) is 4.79 Å². The monoisotopic (exact) mass is 307 g/mol. The van der Waals surface area contributed by atoms with Crippen LogP contribution in [0.1, 0.15) is 19.8 Å². The van der Waals surface area contributed by atoms with Crippen LogP contribution >= 0.6 is 11.6 Å². The summed E-state index contributed by atoms with van der Waals surface area (Å²) >= 11 is 6.05. The number of carbonyl (C=O) groups is 1. The van der Waals surface area contributed by atoms with Crippen LogP contribution in [-0.4, -0.2) is 49.1 Å². The molecule has 1 aromatic carbocycles. The number of nitrogens with zero attached hydrogens (tertiary/aromatic N) is 2. The first-order valence-corrected chi connectivity index (χ1v) is 8.06. The summed E-state index contributed by atoms with van der Waals surface area (Å²) in [6.45, 7) is 5.69. The molecule has 1 heterocycles. The zero-order valence-electron chi connectivity index (χ0n) is 12.4. The predicted molar refractivity (Wildman–Crippen MR) is 85.9 cm³/mol. The molecule has 1 atom stereocenters. The van der Waals surface area contributed by atoms with Crippen LogP contribution in [-0.2, 0) is 4.79 Å². The van der Waals surface area contributed by atoms with Gasteiger partial charge in [-0.2, -0.15) is 0 Å². The smallest absolute Gasteiger partial charge is 0.237 e. The summed E-state index contributed by atoms with van der Waals surface area (Å²) in [5, 5.41) is 3.86. The molecule has 1 N–H and O–H groups in total. The molecule has 1 aromatic rings.